The molecular formula is C29H36N6O2. The van der Waals surface area contributed by atoms with Gasteiger partial charge in [-0.1, -0.05) is 37.8 Å². The predicted octanol–water partition coefficient (Wildman–Crippen LogP) is 4.05. The van der Waals surface area contributed by atoms with Crippen LogP contribution in [0, 0.1) is 11.8 Å². The molecule has 2 aromatic heterocycles. The van der Waals surface area contributed by atoms with Crippen LogP contribution in [-0.4, -0.2) is 42.1 Å². The summed E-state index contributed by atoms with van der Waals surface area (Å²) in [4.78, 5) is 37.9. The van der Waals surface area contributed by atoms with Gasteiger partial charge in [0.1, 0.15) is 5.82 Å². The maximum Gasteiger partial charge on any atom is 0.355 e. The molecule has 2 N–H and O–H groups in total. The number of piperidine rings is 1. The van der Waals surface area contributed by atoms with Crippen molar-refractivity contribution >= 4 is 16.9 Å². The summed E-state index contributed by atoms with van der Waals surface area (Å²) in [5.41, 5.74) is 6.44. The first-order valence-electron chi connectivity index (χ1n) is 14.2. The molecule has 3 aromatic rings. The average Bonchev–Trinajstić information content (AvgIpc) is 3.04. The third-order valence-corrected chi connectivity index (χ3v) is 9.73. The molecule has 8 nitrogen and oxygen atoms in total. The van der Waals surface area contributed by atoms with E-state index >= 15 is 0 Å². The van der Waals surface area contributed by atoms with Crippen molar-refractivity contribution in [3.63, 3.8) is 0 Å². The summed E-state index contributed by atoms with van der Waals surface area (Å²) < 4.78 is 3.17. The molecule has 0 unspecified atom stereocenters. The zero-order chi connectivity index (χ0) is 25.1. The lowest BCUT2D eigenvalue weighted by atomic mass is 9.76. The Labute approximate surface area is 216 Å². The lowest BCUT2D eigenvalue weighted by molar-refractivity contribution is 0.0204. The topological polar surface area (TPSA) is 99.0 Å². The van der Waals surface area contributed by atoms with Gasteiger partial charge < -0.3 is 10.3 Å². The number of anilines is 1. The fourth-order valence-electron chi connectivity index (χ4n) is 8.34. The monoisotopic (exact) mass is 500 g/mol. The summed E-state index contributed by atoms with van der Waals surface area (Å²) in [6.07, 6.45) is 15.7. The average molecular weight is 501 g/mol. The largest absolute Gasteiger partial charge is 0.383 e. The van der Waals surface area contributed by atoms with Gasteiger partial charge in [-0.2, -0.15) is 4.98 Å². The number of rotatable bonds is 3. The number of fused-ring (bicyclic) bond motifs is 5. The van der Waals surface area contributed by atoms with Gasteiger partial charge in [0, 0.05) is 30.4 Å². The van der Waals surface area contributed by atoms with Crippen molar-refractivity contribution in [3.05, 3.63) is 57.4 Å². The Balaban J connectivity index is 1.25. The Morgan fingerprint density at radius 2 is 1.46 bits per heavy atom. The maximum atomic E-state index is 14.0. The summed E-state index contributed by atoms with van der Waals surface area (Å²) in [7, 11) is 0. The van der Waals surface area contributed by atoms with Crippen LogP contribution < -0.4 is 17.0 Å². The molecule has 194 valence electrons. The third kappa shape index (κ3) is 4.00. The van der Waals surface area contributed by atoms with E-state index in [9.17, 15) is 9.59 Å². The van der Waals surface area contributed by atoms with Gasteiger partial charge in [-0.05, 0) is 75.0 Å². The zero-order valence-electron chi connectivity index (χ0n) is 21.3. The lowest BCUT2D eigenvalue weighted by Crippen LogP contribution is -2.52. The smallest absolute Gasteiger partial charge is 0.355 e. The van der Waals surface area contributed by atoms with Gasteiger partial charge in [0.25, 0.3) is 5.56 Å². The first-order chi connectivity index (χ1) is 18.0. The van der Waals surface area contributed by atoms with Gasteiger partial charge in [0.05, 0.1) is 11.0 Å². The molecule has 37 heavy (non-hydrogen) atoms. The summed E-state index contributed by atoms with van der Waals surface area (Å²) in [5.74, 6) is 2.05. The number of nitrogens with two attached hydrogens (primary N) is 1. The van der Waals surface area contributed by atoms with Crippen LogP contribution in [0.5, 0.6) is 0 Å². The van der Waals surface area contributed by atoms with E-state index < -0.39 is 5.69 Å². The van der Waals surface area contributed by atoms with Crippen LogP contribution in [0.15, 0.2) is 46.1 Å². The second-order valence-electron chi connectivity index (χ2n) is 11.9. The van der Waals surface area contributed by atoms with Crippen LogP contribution in [0.3, 0.4) is 0 Å². The molecule has 0 spiro atoms. The van der Waals surface area contributed by atoms with Crippen molar-refractivity contribution < 1.29 is 0 Å². The van der Waals surface area contributed by atoms with Gasteiger partial charge in [-0.25, -0.2) is 14.3 Å². The SMILES string of the molecule is Nc1ccn(-c2nc3ccccc3n([C@H]3C[C@H]4CC[C@@H](C3)N4[C@@H]3C[C@@H]4CCCC[C@@H](C4)C3)c2=O)c(=O)n1. The van der Waals surface area contributed by atoms with Gasteiger partial charge in [0.2, 0.25) is 5.82 Å². The molecule has 6 atom stereocenters. The van der Waals surface area contributed by atoms with Crippen molar-refractivity contribution in [2.24, 2.45) is 11.8 Å². The van der Waals surface area contributed by atoms with Crippen LogP contribution in [-0.2, 0) is 0 Å². The zero-order valence-corrected chi connectivity index (χ0v) is 21.3. The molecule has 2 saturated carbocycles. The molecule has 2 saturated heterocycles. The van der Waals surface area contributed by atoms with E-state index in [0.717, 1.165) is 30.2 Å². The Morgan fingerprint density at radius 1 is 0.757 bits per heavy atom. The van der Waals surface area contributed by atoms with Crippen molar-refractivity contribution in [1.82, 2.24) is 24.0 Å². The molecule has 2 aliphatic carbocycles. The molecule has 0 amide bonds. The predicted molar refractivity (Wildman–Crippen MR) is 144 cm³/mol. The number of hydrogen-bond acceptors (Lipinski definition) is 6. The number of nitrogens with zero attached hydrogens (tertiary/aromatic N) is 5. The molecule has 4 bridgehead atoms. The molecule has 1 aromatic carbocycles. The van der Waals surface area contributed by atoms with E-state index in [1.165, 1.54) is 74.6 Å². The van der Waals surface area contributed by atoms with Crippen molar-refractivity contribution in [2.75, 3.05) is 5.73 Å². The Hall–Kier alpha value is -3.00. The van der Waals surface area contributed by atoms with E-state index in [1.807, 2.05) is 28.8 Å². The summed E-state index contributed by atoms with van der Waals surface area (Å²) >= 11 is 0. The summed E-state index contributed by atoms with van der Waals surface area (Å²) in [6, 6.07) is 11.2. The second kappa shape index (κ2) is 9.08. The lowest BCUT2D eigenvalue weighted by Gasteiger charge is -2.48. The van der Waals surface area contributed by atoms with E-state index in [1.54, 1.807) is 0 Å². The van der Waals surface area contributed by atoms with E-state index in [-0.39, 0.29) is 23.2 Å². The Bertz CT molecular complexity index is 1420. The van der Waals surface area contributed by atoms with Gasteiger partial charge in [-0.3, -0.25) is 9.69 Å². The highest BCUT2D eigenvalue weighted by molar-refractivity contribution is 5.75. The van der Waals surface area contributed by atoms with E-state index in [0.29, 0.717) is 23.6 Å². The van der Waals surface area contributed by atoms with Crippen LogP contribution in [0.1, 0.15) is 76.7 Å². The molecule has 7 rings (SSSR count). The number of para-hydroxylation sites is 2. The Kier molecular flexibility index (Phi) is 5.68. The van der Waals surface area contributed by atoms with Gasteiger partial charge >= 0.3 is 5.69 Å². The highest BCUT2D eigenvalue weighted by Crippen LogP contribution is 2.47. The van der Waals surface area contributed by atoms with Crippen LogP contribution in [0.25, 0.3) is 16.9 Å². The standard InChI is InChI=1S/C29H36N6O2/c30-26-11-12-33(29(37)32-26)27-28(36)35(25-8-4-3-7-24(25)31-27)23-16-20-9-10-21(17-23)34(20)22-14-18-5-1-2-6-19(13-18)15-22/h3-4,7-8,11-12,18-23H,1-2,5-6,9-10,13-17H2,(H2,30,32,37)/t18-,19+,20-,21+,22-,23+. The minimum absolute atomic E-state index is 0.0937. The minimum Gasteiger partial charge on any atom is -0.383 e. The van der Waals surface area contributed by atoms with Crippen molar-refractivity contribution in [2.45, 2.75) is 94.8 Å². The molecule has 2 aliphatic heterocycles. The summed E-state index contributed by atoms with van der Waals surface area (Å²) in [6.45, 7) is 0. The molecule has 4 aliphatic rings. The fraction of sp³-hybridized carbons (Fsp3) is 0.586. The second-order valence-corrected chi connectivity index (χ2v) is 11.9. The van der Waals surface area contributed by atoms with Gasteiger partial charge in [0.15, 0.2) is 0 Å². The quantitative estimate of drug-likeness (QED) is 0.583. The van der Waals surface area contributed by atoms with Crippen LogP contribution in [0.4, 0.5) is 5.82 Å². The van der Waals surface area contributed by atoms with Gasteiger partial charge in [-0.15, -0.1) is 0 Å². The normalized spacial score (nSPS) is 31.9. The Morgan fingerprint density at radius 3 is 2.16 bits per heavy atom. The first-order valence-corrected chi connectivity index (χ1v) is 14.2. The van der Waals surface area contributed by atoms with Crippen LogP contribution >= 0.6 is 0 Å². The molecule has 0 radical (unpaired) electrons. The van der Waals surface area contributed by atoms with E-state index in [4.69, 9.17) is 5.73 Å². The van der Waals surface area contributed by atoms with Crippen LogP contribution in [0.2, 0.25) is 0 Å². The number of hydrogen-bond donors (Lipinski definition) is 1. The number of benzene rings is 1. The molecule has 4 heterocycles. The fourth-order valence-corrected chi connectivity index (χ4v) is 8.34. The minimum atomic E-state index is -0.583. The number of aromatic nitrogens is 4. The van der Waals surface area contributed by atoms with Crippen molar-refractivity contribution in [1.29, 1.82) is 0 Å². The molecule has 8 heteroatoms. The summed E-state index contributed by atoms with van der Waals surface area (Å²) in [5, 5.41) is 0. The van der Waals surface area contributed by atoms with E-state index in [2.05, 4.69) is 14.9 Å². The van der Waals surface area contributed by atoms with Crippen molar-refractivity contribution in [3.8, 4) is 5.82 Å². The molecular weight excluding hydrogens is 464 g/mol. The highest BCUT2D eigenvalue weighted by Gasteiger charge is 2.47. The third-order valence-electron chi connectivity index (χ3n) is 9.73. The first kappa shape index (κ1) is 23.1. The maximum absolute atomic E-state index is 14.0. The molecule has 4 fully saturated rings. The number of nitrogen functional groups attached to an aromatic ring is 1. The highest BCUT2D eigenvalue weighted by atomic mass is 16.2.